The summed E-state index contributed by atoms with van der Waals surface area (Å²) in [6.07, 6.45) is -4.59. The molecule has 6 aromatic rings. The van der Waals surface area contributed by atoms with E-state index in [9.17, 15) is 36.6 Å². The molecule has 4 aromatic carbocycles. The van der Waals surface area contributed by atoms with E-state index in [-0.39, 0.29) is 66.7 Å². The van der Waals surface area contributed by atoms with Gasteiger partial charge in [-0.25, -0.2) is 0 Å². The van der Waals surface area contributed by atoms with Crippen molar-refractivity contribution in [2.45, 2.75) is 112 Å². The van der Waals surface area contributed by atoms with Crippen molar-refractivity contribution < 1.29 is 89.9 Å². The summed E-state index contributed by atoms with van der Waals surface area (Å²) in [6, 6.07) is 23.0. The Balaban J connectivity index is 0.000000945. The second-order valence-corrected chi connectivity index (χ2v) is 20.0. The van der Waals surface area contributed by atoms with E-state index in [1.165, 1.54) is 9.59 Å². The molecule has 6 rings (SSSR count). The molecule has 0 bridgehead atoms. The molecule has 0 unspecified atom stereocenters. The predicted octanol–water partition coefficient (Wildman–Crippen LogP) is 7.25. The molecule has 0 N–H and O–H groups in total. The van der Waals surface area contributed by atoms with Crippen molar-refractivity contribution in [1.29, 1.82) is 0 Å². The molecule has 2 aromatic heterocycles. The minimum Gasteiger partial charge on any atom is -0.871 e. The van der Waals surface area contributed by atoms with E-state index in [1.807, 2.05) is 72.8 Å². The monoisotopic (exact) mass is 1080 g/mol. The molecule has 22 heteroatoms. The number of benzene rings is 4. The summed E-state index contributed by atoms with van der Waals surface area (Å²) in [6.45, 7) is 23.1. The summed E-state index contributed by atoms with van der Waals surface area (Å²) in [5.41, 5.74) is 6.49. The van der Waals surface area contributed by atoms with Gasteiger partial charge in [-0.2, -0.15) is 35.9 Å². The average Bonchev–Trinajstić information content (AvgIpc) is 3.84. The minimum absolute atomic E-state index is 0. The van der Waals surface area contributed by atoms with Gasteiger partial charge in [-0.1, -0.05) is 117 Å². The van der Waals surface area contributed by atoms with Crippen LogP contribution in [0, 0.1) is 10.8 Å². The number of nitrogens with zero attached hydrogens (tertiary/aromatic N) is 8. The van der Waals surface area contributed by atoms with Crippen molar-refractivity contribution in [3.8, 4) is 22.9 Å². The number of carboxylic acids is 2. The second kappa shape index (κ2) is 24.0. The van der Waals surface area contributed by atoms with Crippen LogP contribution >= 0.6 is 0 Å². The minimum atomic E-state index is -5.19. The second-order valence-electron chi connectivity index (χ2n) is 20.0. The van der Waals surface area contributed by atoms with E-state index in [0.29, 0.717) is 42.0 Å². The first-order valence-corrected chi connectivity index (χ1v) is 21.6. The van der Waals surface area contributed by atoms with Crippen LogP contribution < -0.4 is 20.4 Å². The molecule has 0 amide bonds. The molecule has 386 valence electrons. The average molecular weight is 1080 g/mol. The summed E-state index contributed by atoms with van der Waals surface area (Å²) >= 11 is 0. The van der Waals surface area contributed by atoms with E-state index in [0.717, 1.165) is 46.0 Å². The Morgan fingerprint density at radius 1 is 0.535 bits per heavy atom. The number of carboxylic acid groups (broad SMARTS) is 2. The van der Waals surface area contributed by atoms with Crippen molar-refractivity contribution in [2.75, 3.05) is 13.1 Å². The maximum atomic E-state index is 13.9. The fourth-order valence-electron chi connectivity index (χ4n) is 7.91. The maximum Gasteiger partial charge on any atom is 2.00 e. The van der Waals surface area contributed by atoms with Gasteiger partial charge in [0.15, 0.2) is 0 Å². The molecule has 0 aliphatic heterocycles. The van der Waals surface area contributed by atoms with Gasteiger partial charge in [0, 0.05) is 25.5 Å². The molecule has 0 spiro atoms. The van der Waals surface area contributed by atoms with Crippen LogP contribution in [0.1, 0.15) is 111 Å². The van der Waals surface area contributed by atoms with Gasteiger partial charge in [0.25, 0.3) is 0 Å². The third kappa shape index (κ3) is 17.8. The number of halogens is 6. The zero-order valence-electron chi connectivity index (χ0n) is 40.6. The molecule has 0 atom stereocenters. The summed E-state index contributed by atoms with van der Waals surface area (Å²) < 4.78 is 63.1. The number of carbonyl (C=O) groups excluding carboxylic acids is 2. The van der Waals surface area contributed by atoms with Crippen molar-refractivity contribution in [3.05, 3.63) is 95.1 Å². The van der Waals surface area contributed by atoms with Gasteiger partial charge < -0.3 is 30.0 Å². The van der Waals surface area contributed by atoms with Crippen molar-refractivity contribution in [3.63, 3.8) is 0 Å². The molecule has 0 aliphatic rings. The van der Waals surface area contributed by atoms with E-state index in [1.54, 1.807) is 12.4 Å². The quantitative estimate of drug-likeness (QED) is 0.0680. The molecule has 0 saturated carbocycles. The molecular formula is C49H54Co2F6N8O6. The van der Waals surface area contributed by atoms with Crippen LogP contribution in [0.2, 0.25) is 0 Å². The molecule has 2 radical (unpaired) electrons. The topological polar surface area (TPSA) is 213 Å². The van der Waals surface area contributed by atoms with Crippen LogP contribution in [0.25, 0.3) is 33.4 Å². The van der Waals surface area contributed by atoms with Gasteiger partial charge in [0.2, 0.25) is 0 Å². The molecule has 0 saturated heterocycles. The Hall–Kier alpha value is -5.85. The maximum absolute atomic E-state index is 13.9. The first kappa shape index (κ1) is 61.3. The third-order valence-corrected chi connectivity index (χ3v) is 10.2. The Labute approximate surface area is 428 Å². The first-order valence-electron chi connectivity index (χ1n) is 21.6. The fourth-order valence-corrected chi connectivity index (χ4v) is 7.91. The van der Waals surface area contributed by atoms with Crippen molar-refractivity contribution >= 4 is 46.4 Å². The van der Waals surface area contributed by atoms with E-state index < -0.39 is 24.3 Å². The summed E-state index contributed by atoms with van der Waals surface area (Å²) in [7, 11) is 0. The number of alkyl halides is 6. The van der Waals surface area contributed by atoms with Gasteiger partial charge in [0.05, 0.1) is 11.4 Å². The van der Waals surface area contributed by atoms with Crippen LogP contribution in [0.15, 0.2) is 82.8 Å². The van der Waals surface area contributed by atoms with E-state index in [4.69, 9.17) is 19.8 Å². The number of hydrogen-bond acceptors (Lipinski definition) is 12. The van der Waals surface area contributed by atoms with Crippen LogP contribution in [0.4, 0.5) is 26.3 Å². The number of hydrogen-bond donors (Lipinski definition) is 0. The zero-order chi connectivity index (χ0) is 51.9. The summed E-state index contributed by atoms with van der Waals surface area (Å²) in [5.74, 6) is -6.37. The van der Waals surface area contributed by atoms with Gasteiger partial charge in [-0.15, -0.1) is 20.4 Å². The Kier molecular flexibility index (Phi) is 20.8. The molecule has 2 heterocycles. The van der Waals surface area contributed by atoms with Crippen LogP contribution in [-0.4, -0.2) is 79.8 Å². The van der Waals surface area contributed by atoms with Gasteiger partial charge in [-0.3, -0.25) is 9.98 Å². The summed E-state index contributed by atoms with van der Waals surface area (Å²) in [5, 5.41) is 63.8. The fraction of sp³-hybridized carbons (Fsp3) is 0.429. The van der Waals surface area contributed by atoms with E-state index in [2.05, 4.69) is 99.6 Å². The standard InChI is InChI=1S/C45H56N8O2.2C2HF3O2.2Co/c1-42(2,3)28-44(7,8)32-22-30(40(54)38(24-32)52-48-34-16-11-12-17-35(34)49-52)26-46-20-15-21-47-27-31-23-33(45(9,10)29-43(4,5)6)25-39(41(31)55)53-50-36-18-13-14-19-37(36)51-53;2*3-2(4,5)1(6)7;;/h11-14,16-19,22-27,54-55H,15,20-21,28-29H2,1-10H3;2*(H,6,7);;/q;;;2*+2/p-4. The number of aliphatic imine (C=N–C) groups is 2. The van der Waals surface area contributed by atoms with E-state index >= 15 is 0 Å². The van der Waals surface area contributed by atoms with Crippen LogP contribution in [0.3, 0.4) is 0 Å². The smallest absolute Gasteiger partial charge is 0.871 e. The Morgan fingerprint density at radius 2 is 0.803 bits per heavy atom. The molecular weight excluding hydrogens is 1030 g/mol. The van der Waals surface area contributed by atoms with Gasteiger partial charge in [-0.05, 0) is 99.6 Å². The van der Waals surface area contributed by atoms with Crippen LogP contribution in [0.5, 0.6) is 11.5 Å². The van der Waals surface area contributed by atoms with Gasteiger partial charge in [0.1, 0.15) is 34.0 Å². The predicted molar refractivity (Wildman–Crippen MR) is 242 cm³/mol. The number of rotatable bonds is 12. The normalized spacial score (nSPS) is 12.5. The Morgan fingerprint density at radius 3 is 1.04 bits per heavy atom. The van der Waals surface area contributed by atoms with Crippen molar-refractivity contribution in [1.82, 2.24) is 30.0 Å². The molecule has 0 aliphatic carbocycles. The first-order chi connectivity index (χ1) is 31.7. The van der Waals surface area contributed by atoms with Crippen LogP contribution in [-0.2, 0) is 54.0 Å². The number of carbonyl (C=O) groups is 2. The largest absolute Gasteiger partial charge is 2.00 e. The number of fused-ring (bicyclic) bond motifs is 2. The summed E-state index contributed by atoms with van der Waals surface area (Å²) in [4.78, 5) is 29.8. The number of aromatic nitrogens is 6. The Bertz CT molecular complexity index is 2570. The molecule has 14 nitrogen and oxygen atoms in total. The third-order valence-electron chi connectivity index (χ3n) is 10.2. The molecule has 0 fully saturated rings. The number of aliphatic carboxylic acids is 2. The zero-order valence-corrected chi connectivity index (χ0v) is 42.7. The SMILES string of the molecule is CC(C)(C)CC(C)(C)c1cc(C=NCCCN=Cc2cc(C(C)(C)CC(C)(C)C)cc(-n3nc4ccccc4n3)c2[O-])c([O-])c(-n2nc3ccccc3n2)c1.O=C([O-])C(F)(F)F.O=C([O-])C(F)(F)F.[Co+2].[Co+2]. The molecule has 71 heavy (non-hydrogen) atoms. The van der Waals surface area contributed by atoms with Gasteiger partial charge >= 0.3 is 45.9 Å². The van der Waals surface area contributed by atoms with Crippen molar-refractivity contribution in [2.24, 2.45) is 20.8 Å².